The second-order valence-electron chi connectivity index (χ2n) is 13.7. The quantitative estimate of drug-likeness (QED) is 0.182. The zero-order valence-electron chi connectivity index (χ0n) is 28.7. The van der Waals surface area contributed by atoms with Gasteiger partial charge in [0.05, 0.1) is 5.52 Å². The van der Waals surface area contributed by atoms with Crippen molar-refractivity contribution in [2.24, 2.45) is 0 Å². The molecule has 3 aromatic heterocycles. The van der Waals surface area contributed by atoms with E-state index >= 15 is 0 Å². The highest BCUT2D eigenvalue weighted by atomic mass is 16.3. The van der Waals surface area contributed by atoms with Gasteiger partial charge in [-0.05, 0) is 70.3 Å². The SMILES string of the molecule is c1ccc(-c2ccc3c(c2)c(-c2ccccc2)cn3-c2cc(-c3cccc4c3oc3ccccc34)cc(-c3cccc4c3oc3ccccc34)c2)cc1. The first-order valence-electron chi connectivity index (χ1n) is 18.0. The van der Waals surface area contributed by atoms with Gasteiger partial charge in [-0.1, -0.05) is 140 Å². The van der Waals surface area contributed by atoms with Gasteiger partial charge in [0.15, 0.2) is 0 Å². The lowest BCUT2D eigenvalue weighted by atomic mass is 9.95. The Bertz CT molecular complexity index is 3030. The van der Waals surface area contributed by atoms with Crippen LogP contribution in [0.3, 0.4) is 0 Å². The Morgan fingerprint density at radius 3 is 1.45 bits per heavy atom. The molecule has 0 spiro atoms. The van der Waals surface area contributed by atoms with Gasteiger partial charge in [-0.25, -0.2) is 0 Å². The van der Waals surface area contributed by atoms with Crippen LogP contribution in [0.5, 0.6) is 0 Å². The highest BCUT2D eigenvalue weighted by molar-refractivity contribution is 6.12. The van der Waals surface area contributed by atoms with Crippen molar-refractivity contribution in [2.45, 2.75) is 0 Å². The van der Waals surface area contributed by atoms with Crippen LogP contribution >= 0.6 is 0 Å². The molecule has 0 aliphatic heterocycles. The molecule has 0 atom stereocenters. The van der Waals surface area contributed by atoms with Crippen molar-refractivity contribution in [1.29, 1.82) is 0 Å². The van der Waals surface area contributed by atoms with Crippen LogP contribution in [0.1, 0.15) is 0 Å². The van der Waals surface area contributed by atoms with E-state index in [0.717, 1.165) is 77.3 Å². The number of aromatic nitrogens is 1. The van der Waals surface area contributed by atoms with E-state index < -0.39 is 0 Å². The van der Waals surface area contributed by atoms with Crippen LogP contribution in [-0.4, -0.2) is 4.57 Å². The lowest BCUT2D eigenvalue weighted by molar-refractivity contribution is 0.670. The Balaban J connectivity index is 1.20. The van der Waals surface area contributed by atoms with Gasteiger partial charge in [-0.2, -0.15) is 0 Å². The molecule has 0 saturated carbocycles. The largest absolute Gasteiger partial charge is 0.455 e. The van der Waals surface area contributed by atoms with E-state index in [9.17, 15) is 0 Å². The lowest BCUT2D eigenvalue weighted by Crippen LogP contribution is -1.95. The van der Waals surface area contributed by atoms with Gasteiger partial charge in [-0.15, -0.1) is 0 Å². The molecule has 0 unspecified atom stereocenters. The third-order valence-electron chi connectivity index (χ3n) is 10.6. The monoisotopic (exact) mass is 677 g/mol. The first kappa shape index (κ1) is 29.6. The van der Waals surface area contributed by atoms with E-state index in [0.29, 0.717) is 0 Å². The molecule has 0 saturated heterocycles. The predicted molar refractivity (Wildman–Crippen MR) is 220 cm³/mol. The Morgan fingerprint density at radius 2 is 0.849 bits per heavy atom. The second kappa shape index (κ2) is 11.7. The molecule has 11 aromatic rings. The Kier molecular flexibility index (Phi) is 6.55. The maximum atomic E-state index is 6.60. The van der Waals surface area contributed by atoms with Gasteiger partial charge in [-0.3, -0.25) is 0 Å². The van der Waals surface area contributed by atoms with Crippen molar-refractivity contribution in [2.75, 3.05) is 0 Å². The number of rotatable bonds is 5. The standard InChI is InChI=1S/C50H31NO2/c1-3-13-32(14-4-1)34-25-26-46-44(30-34)45(33-15-5-2-6-16-33)31-51(46)37-28-35(38-19-11-21-42-40-17-7-9-23-47(40)52-49(38)42)27-36(29-37)39-20-12-22-43-41-18-8-10-24-48(41)53-50(39)43/h1-31H. The molecule has 248 valence electrons. The first-order chi connectivity index (χ1) is 26.3. The number of hydrogen-bond acceptors (Lipinski definition) is 2. The fraction of sp³-hybridized carbons (Fsp3) is 0. The van der Waals surface area contributed by atoms with Crippen LogP contribution in [0.4, 0.5) is 0 Å². The van der Waals surface area contributed by atoms with Crippen LogP contribution in [0.2, 0.25) is 0 Å². The van der Waals surface area contributed by atoms with E-state index in [2.05, 4.69) is 168 Å². The minimum atomic E-state index is 0.883. The molecule has 3 heteroatoms. The van der Waals surface area contributed by atoms with Gasteiger partial charge < -0.3 is 13.4 Å². The number of furan rings is 2. The van der Waals surface area contributed by atoms with Crippen molar-refractivity contribution in [3.63, 3.8) is 0 Å². The summed E-state index contributed by atoms with van der Waals surface area (Å²) in [4.78, 5) is 0. The number of para-hydroxylation sites is 4. The molecule has 0 radical (unpaired) electrons. The summed E-state index contributed by atoms with van der Waals surface area (Å²) in [5, 5.41) is 5.64. The molecular weight excluding hydrogens is 647 g/mol. The number of hydrogen-bond donors (Lipinski definition) is 0. The molecule has 11 rings (SSSR count). The zero-order chi connectivity index (χ0) is 34.9. The van der Waals surface area contributed by atoms with Crippen molar-refractivity contribution >= 4 is 54.8 Å². The summed E-state index contributed by atoms with van der Waals surface area (Å²) < 4.78 is 15.5. The van der Waals surface area contributed by atoms with Crippen LogP contribution < -0.4 is 0 Å². The minimum Gasteiger partial charge on any atom is -0.455 e. The maximum Gasteiger partial charge on any atom is 0.143 e. The third kappa shape index (κ3) is 4.75. The summed E-state index contributed by atoms with van der Waals surface area (Å²) >= 11 is 0. The molecule has 0 aliphatic rings. The molecule has 0 bridgehead atoms. The van der Waals surface area contributed by atoms with Crippen molar-refractivity contribution in [3.8, 4) is 50.2 Å². The highest BCUT2D eigenvalue weighted by Gasteiger charge is 2.19. The number of benzene rings is 8. The molecule has 3 nitrogen and oxygen atoms in total. The van der Waals surface area contributed by atoms with E-state index in [1.807, 2.05) is 24.3 Å². The molecule has 0 aliphatic carbocycles. The second-order valence-corrected chi connectivity index (χ2v) is 13.7. The minimum absolute atomic E-state index is 0.883. The van der Waals surface area contributed by atoms with Crippen molar-refractivity contribution in [3.05, 3.63) is 188 Å². The fourth-order valence-corrected chi connectivity index (χ4v) is 8.11. The maximum absolute atomic E-state index is 6.60. The third-order valence-corrected chi connectivity index (χ3v) is 10.6. The summed E-state index contributed by atoms with van der Waals surface area (Å²) in [6, 6.07) is 64.5. The molecule has 53 heavy (non-hydrogen) atoms. The molecule has 0 fully saturated rings. The first-order valence-corrected chi connectivity index (χ1v) is 18.0. The summed E-state index contributed by atoms with van der Waals surface area (Å²) in [6.07, 6.45) is 2.29. The van der Waals surface area contributed by atoms with E-state index in [1.54, 1.807) is 0 Å². The summed E-state index contributed by atoms with van der Waals surface area (Å²) in [7, 11) is 0. The Morgan fingerprint density at radius 1 is 0.321 bits per heavy atom. The smallest absolute Gasteiger partial charge is 0.143 e. The molecule has 0 amide bonds. The van der Waals surface area contributed by atoms with Crippen molar-refractivity contribution < 1.29 is 8.83 Å². The highest BCUT2D eigenvalue weighted by Crippen LogP contribution is 2.42. The Labute approximate surface area is 305 Å². The van der Waals surface area contributed by atoms with Crippen LogP contribution in [0, 0.1) is 0 Å². The van der Waals surface area contributed by atoms with Crippen LogP contribution in [-0.2, 0) is 0 Å². The van der Waals surface area contributed by atoms with Crippen LogP contribution in [0.15, 0.2) is 197 Å². The zero-order valence-corrected chi connectivity index (χ0v) is 28.7. The normalized spacial score (nSPS) is 11.8. The van der Waals surface area contributed by atoms with Gasteiger partial charge in [0.1, 0.15) is 22.3 Å². The molecule has 8 aromatic carbocycles. The average Bonchev–Trinajstić information content (AvgIpc) is 3.93. The summed E-state index contributed by atoms with van der Waals surface area (Å²) in [5.41, 5.74) is 14.7. The Hall–Kier alpha value is -7.10. The lowest BCUT2D eigenvalue weighted by Gasteiger charge is -2.14. The molecule has 0 N–H and O–H groups in total. The van der Waals surface area contributed by atoms with E-state index in [1.165, 1.54) is 27.6 Å². The number of fused-ring (bicyclic) bond motifs is 7. The fourth-order valence-electron chi connectivity index (χ4n) is 8.11. The van der Waals surface area contributed by atoms with Gasteiger partial charge >= 0.3 is 0 Å². The number of nitrogens with zero attached hydrogens (tertiary/aromatic N) is 1. The molecule has 3 heterocycles. The topological polar surface area (TPSA) is 31.2 Å². The van der Waals surface area contributed by atoms with Gasteiger partial charge in [0.2, 0.25) is 0 Å². The predicted octanol–water partition coefficient (Wildman–Crippen LogP) is 14.1. The van der Waals surface area contributed by atoms with Crippen LogP contribution in [0.25, 0.3) is 105 Å². The average molecular weight is 678 g/mol. The summed E-state index contributed by atoms with van der Waals surface area (Å²) in [5.74, 6) is 0. The van der Waals surface area contributed by atoms with E-state index in [-0.39, 0.29) is 0 Å². The van der Waals surface area contributed by atoms with Gasteiger partial charge in [0.25, 0.3) is 0 Å². The van der Waals surface area contributed by atoms with Gasteiger partial charge in [0, 0.05) is 55.5 Å². The molecular formula is C50H31NO2. The van der Waals surface area contributed by atoms with Crippen molar-refractivity contribution in [1.82, 2.24) is 4.57 Å². The summed E-state index contributed by atoms with van der Waals surface area (Å²) in [6.45, 7) is 0. The van der Waals surface area contributed by atoms with E-state index in [4.69, 9.17) is 8.83 Å².